The van der Waals surface area contributed by atoms with Gasteiger partial charge in [0.1, 0.15) is 5.54 Å². The van der Waals surface area contributed by atoms with E-state index in [4.69, 9.17) is 11.0 Å². The van der Waals surface area contributed by atoms with Crippen LogP contribution in [0.15, 0.2) is 0 Å². The maximum absolute atomic E-state index is 8.80. The van der Waals surface area contributed by atoms with Gasteiger partial charge in [0.25, 0.3) is 0 Å². The average Bonchev–Trinajstić information content (AvgIpc) is 2.25. The Hall–Kier alpha value is -0.200. The van der Waals surface area contributed by atoms with Crippen LogP contribution in [0.2, 0.25) is 0 Å². The van der Waals surface area contributed by atoms with Crippen LogP contribution < -0.4 is 5.73 Å². The van der Waals surface area contributed by atoms with E-state index in [0.717, 1.165) is 29.8 Å². The van der Waals surface area contributed by atoms with Crippen LogP contribution in [0.4, 0.5) is 0 Å². The number of nitriles is 1. The zero-order valence-corrected chi connectivity index (χ0v) is 11.4. The van der Waals surface area contributed by atoms with Crippen LogP contribution in [-0.4, -0.2) is 16.5 Å². The first-order valence-corrected chi connectivity index (χ1v) is 7.40. The molecule has 3 atom stereocenters. The van der Waals surface area contributed by atoms with E-state index >= 15 is 0 Å². The molecule has 0 heterocycles. The molecule has 1 aliphatic carbocycles. The van der Waals surface area contributed by atoms with Crippen molar-refractivity contribution in [3.8, 4) is 6.07 Å². The van der Waals surface area contributed by atoms with Crippen molar-refractivity contribution in [1.29, 1.82) is 5.26 Å². The molecule has 0 aromatic rings. The fourth-order valence-electron chi connectivity index (χ4n) is 2.28. The molecule has 0 aromatic carbocycles. The lowest BCUT2D eigenvalue weighted by molar-refractivity contribution is 0.394. The minimum absolute atomic E-state index is 0.625. The van der Waals surface area contributed by atoms with Crippen LogP contribution in [0, 0.1) is 17.2 Å². The maximum atomic E-state index is 8.80. The third kappa shape index (κ3) is 5.23. The molecule has 2 N–H and O–H groups in total. The molecule has 92 valence electrons. The van der Waals surface area contributed by atoms with Gasteiger partial charge < -0.3 is 5.73 Å². The zero-order chi connectivity index (χ0) is 12.0. The minimum atomic E-state index is -0.625. The Bertz CT molecular complexity index is 245. The Kier molecular flexibility index (Phi) is 5.64. The summed E-state index contributed by atoms with van der Waals surface area (Å²) in [5, 5.41) is 9.65. The zero-order valence-electron chi connectivity index (χ0n) is 10.5. The lowest BCUT2D eigenvalue weighted by atomic mass is 9.91. The molecule has 0 amide bonds. The van der Waals surface area contributed by atoms with Gasteiger partial charge >= 0.3 is 0 Å². The summed E-state index contributed by atoms with van der Waals surface area (Å²) >= 11 is 2.09. The lowest BCUT2D eigenvalue weighted by Crippen LogP contribution is -2.34. The molecule has 1 rings (SSSR count). The molecular weight excluding hydrogens is 216 g/mol. The molecule has 0 saturated heterocycles. The smallest absolute Gasteiger partial charge is 0.101 e. The fraction of sp³-hybridized carbons (Fsp3) is 0.923. The van der Waals surface area contributed by atoms with Gasteiger partial charge in [-0.25, -0.2) is 0 Å². The molecule has 1 saturated carbocycles. The highest BCUT2D eigenvalue weighted by Gasteiger charge is 2.20. The quantitative estimate of drug-likeness (QED) is 0.750. The van der Waals surface area contributed by atoms with Gasteiger partial charge in [0, 0.05) is 5.25 Å². The Labute approximate surface area is 104 Å². The number of rotatable bonds is 5. The van der Waals surface area contributed by atoms with E-state index in [9.17, 15) is 0 Å². The summed E-state index contributed by atoms with van der Waals surface area (Å²) < 4.78 is 0. The average molecular weight is 240 g/mol. The molecule has 0 aromatic heterocycles. The van der Waals surface area contributed by atoms with Crippen molar-refractivity contribution in [2.45, 2.75) is 63.2 Å². The van der Waals surface area contributed by atoms with Gasteiger partial charge in [0.2, 0.25) is 0 Å². The van der Waals surface area contributed by atoms with Gasteiger partial charge in [-0.1, -0.05) is 19.8 Å². The topological polar surface area (TPSA) is 49.8 Å². The first kappa shape index (κ1) is 13.9. The fourth-order valence-corrected chi connectivity index (χ4v) is 3.72. The Morgan fingerprint density at radius 3 is 2.88 bits per heavy atom. The van der Waals surface area contributed by atoms with Crippen molar-refractivity contribution in [1.82, 2.24) is 0 Å². The van der Waals surface area contributed by atoms with E-state index in [-0.39, 0.29) is 0 Å². The molecule has 0 radical (unpaired) electrons. The molecule has 3 unspecified atom stereocenters. The van der Waals surface area contributed by atoms with Crippen LogP contribution in [0.3, 0.4) is 0 Å². The van der Waals surface area contributed by atoms with Crippen LogP contribution in [-0.2, 0) is 0 Å². The summed E-state index contributed by atoms with van der Waals surface area (Å²) in [6.07, 6.45) is 7.45. The highest BCUT2D eigenvalue weighted by molar-refractivity contribution is 7.99. The lowest BCUT2D eigenvalue weighted by Gasteiger charge is -2.26. The second kappa shape index (κ2) is 6.51. The predicted molar refractivity (Wildman–Crippen MR) is 71.3 cm³/mol. The molecule has 0 bridgehead atoms. The third-order valence-electron chi connectivity index (χ3n) is 3.34. The molecule has 0 spiro atoms. The van der Waals surface area contributed by atoms with E-state index in [0.29, 0.717) is 0 Å². The van der Waals surface area contributed by atoms with E-state index in [2.05, 4.69) is 24.8 Å². The Balaban J connectivity index is 2.09. The maximum Gasteiger partial charge on any atom is 0.101 e. The standard InChI is InChI=1S/C13H24N2S/c1-11-5-3-6-12(9-11)16-8-4-7-13(2,15)10-14/h11-12H,3-9,15H2,1-2H3. The van der Waals surface area contributed by atoms with Crippen LogP contribution in [0.5, 0.6) is 0 Å². The van der Waals surface area contributed by atoms with E-state index in [1.54, 1.807) is 0 Å². The summed E-state index contributed by atoms with van der Waals surface area (Å²) in [6.45, 7) is 4.18. The largest absolute Gasteiger partial charge is 0.314 e. The number of hydrogen-bond donors (Lipinski definition) is 1. The minimum Gasteiger partial charge on any atom is -0.314 e. The first-order valence-electron chi connectivity index (χ1n) is 6.35. The highest BCUT2D eigenvalue weighted by atomic mass is 32.2. The molecule has 2 nitrogen and oxygen atoms in total. The summed E-state index contributed by atoms with van der Waals surface area (Å²) in [5.74, 6) is 2.07. The van der Waals surface area contributed by atoms with Gasteiger partial charge in [-0.3, -0.25) is 0 Å². The molecular formula is C13H24N2S. The highest BCUT2D eigenvalue weighted by Crippen LogP contribution is 2.32. The predicted octanol–water partition coefficient (Wildman–Crippen LogP) is 3.32. The van der Waals surface area contributed by atoms with Gasteiger partial charge in [-0.2, -0.15) is 17.0 Å². The third-order valence-corrected chi connectivity index (χ3v) is 4.76. The van der Waals surface area contributed by atoms with E-state index in [1.807, 2.05) is 6.92 Å². The second-order valence-electron chi connectivity index (χ2n) is 5.40. The van der Waals surface area contributed by atoms with Crippen LogP contribution in [0.25, 0.3) is 0 Å². The molecule has 0 aliphatic heterocycles. The van der Waals surface area contributed by atoms with Crippen molar-refractivity contribution in [3.63, 3.8) is 0 Å². The van der Waals surface area contributed by atoms with Crippen LogP contribution >= 0.6 is 11.8 Å². The summed E-state index contributed by atoms with van der Waals surface area (Å²) in [6, 6.07) is 2.16. The molecule has 1 aliphatic rings. The first-order chi connectivity index (χ1) is 7.53. The van der Waals surface area contributed by atoms with Crippen LogP contribution in [0.1, 0.15) is 52.4 Å². The Morgan fingerprint density at radius 1 is 1.50 bits per heavy atom. The van der Waals surface area contributed by atoms with Gasteiger partial charge in [0.05, 0.1) is 6.07 Å². The second-order valence-corrected chi connectivity index (χ2v) is 6.81. The van der Waals surface area contributed by atoms with E-state index < -0.39 is 5.54 Å². The van der Waals surface area contributed by atoms with Gasteiger partial charge in [0.15, 0.2) is 0 Å². The summed E-state index contributed by atoms with van der Waals surface area (Å²) in [7, 11) is 0. The van der Waals surface area contributed by atoms with Gasteiger partial charge in [-0.05, 0) is 44.3 Å². The van der Waals surface area contributed by atoms with Crippen molar-refractivity contribution in [2.75, 3.05) is 5.75 Å². The number of nitrogens with two attached hydrogens (primary N) is 1. The van der Waals surface area contributed by atoms with Gasteiger partial charge in [-0.15, -0.1) is 0 Å². The monoisotopic (exact) mass is 240 g/mol. The SMILES string of the molecule is CC1CCCC(SCCCC(C)(N)C#N)C1. The summed E-state index contributed by atoms with van der Waals surface area (Å²) in [5.41, 5.74) is 5.16. The van der Waals surface area contributed by atoms with E-state index in [1.165, 1.54) is 25.7 Å². The summed E-state index contributed by atoms with van der Waals surface area (Å²) in [4.78, 5) is 0. The Morgan fingerprint density at radius 2 is 2.25 bits per heavy atom. The van der Waals surface area contributed by atoms with Crippen molar-refractivity contribution in [3.05, 3.63) is 0 Å². The van der Waals surface area contributed by atoms with Crippen molar-refractivity contribution in [2.24, 2.45) is 11.7 Å². The number of hydrogen-bond acceptors (Lipinski definition) is 3. The number of thioether (sulfide) groups is 1. The molecule has 1 fully saturated rings. The molecule has 3 heteroatoms. The van der Waals surface area contributed by atoms with Crippen molar-refractivity contribution < 1.29 is 0 Å². The normalized spacial score (nSPS) is 29.4. The van der Waals surface area contributed by atoms with Crippen molar-refractivity contribution >= 4 is 11.8 Å². The molecule has 16 heavy (non-hydrogen) atoms. The number of nitrogens with zero attached hydrogens (tertiary/aromatic N) is 1.